The number of carbonyl (C=O) groups is 2. The average molecular weight is 274 g/mol. The Bertz CT molecular complexity index is 453. The number of carbonyl (C=O) groups excluding carboxylic acids is 2. The first kappa shape index (κ1) is 14.6. The highest BCUT2D eigenvalue weighted by Gasteiger charge is 2.21. The van der Waals surface area contributed by atoms with E-state index in [-0.39, 0.29) is 24.3 Å². The van der Waals surface area contributed by atoms with Crippen LogP contribution in [0.3, 0.4) is 0 Å². The maximum atomic E-state index is 12.0. The van der Waals surface area contributed by atoms with Crippen molar-refractivity contribution in [2.45, 2.75) is 32.1 Å². The van der Waals surface area contributed by atoms with Gasteiger partial charge in [-0.3, -0.25) is 9.59 Å². The normalized spacial score (nSPS) is 15.7. The number of benzene rings is 1. The lowest BCUT2D eigenvalue weighted by atomic mass is 9.89. The number of hydrogen-bond donors (Lipinski definition) is 1. The number of nitrogens with one attached hydrogen (secondary N) is 1. The quantitative estimate of drug-likeness (QED) is 0.916. The smallest absolute Gasteiger partial charge is 0.246 e. The van der Waals surface area contributed by atoms with E-state index in [4.69, 9.17) is 0 Å². The van der Waals surface area contributed by atoms with E-state index in [1.54, 1.807) is 11.9 Å². The third kappa shape index (κ3) is 3.83. The Kier molecular flexibility index (Phi) is 5.16. The van der Waals surface area contributed by atoms with Crippen LogP contribution in [0.1, 0.15) is 32.1 Å². The fourth-order valence-electron chi connectivity index (χ4n) is 2.59. The molecule has 2 rings (SSSR count). The molecule has 0 radical (unpaired) electrons. The molecule has 1 aliphatic rings. The van der Waals surface area contributed by atoms with Crippen LogP contribution in [0.15, 0.2) is 30.3 Å². The highest BCUT2D eigenvalue weighted by molar-refractivity contribution is 5.96. The van der Waals surface area contributed by atoms with Gasteiger partial charge in [-0.25, -0.2) is 0 Å². The van der Waals surface area contributed by atoms with E-state index >= 15 is 0 Å². The Hall–Kier alpha value is -1.84. The number of hydrogen-bond acceptors (Lipinski definition) is 2. The van der Waals surface area contributed by atoms with Crippen molar-refractivity contribution in [3.63, 3.8) is 0 Å². The van der Waals surface area contributed by atoms with Crippen LogP contribution in [-0.4, -0.2) is 25.4 Å². The predicted octanol–water partition coefficient (Wildman–Crippen LogP) is 2.35. The molecule has 0 unspecified atom stereocenters. The zero-order valence-corrected chi connectivity index (χ0v) is 12.0. The molecule has 1 aromatic rings. The summed E-state index contributed by atoms with van der Waals surface area (Å²) in [5, 5.41) is 2.77. The molecule has 0 bridgehead atoms. The third-order valence-corrected chi connectivity index (χ3v) is 3.91. The molecule has 20 heavy (non-hydrogen) atoms. The van der Waals surface area contributed by atoms with Gasteiger partial charge in [-0.05, 0) is 25.0 Å². The largest absolute Gasteiger partial charge is 0.347 e. The molecule has 0 saturated heterocycles. The Morgan fingerprint density at radius 3 is 2.45 bits per heavy atom. The molecule has 1 N–H and O–H groups in total. The molecule has 0 heterocycles. The Labute approximate surface area is 120 Å². The second kappa shape index (κ2) is 7.08. The first-order chi connectivity index (χ1) is 9.68. The monoisotopic (exact) mass is 274 g/mol. The lowest BCUT2D eigenvalue weighted by Gasteiger charge is -2.22. The fourth-order valence-corrected chi connectivity index (χ4v) is 2.59. The van der Waals surface area contributed by atoms with Crippen molar-refractivity contribution < 1.29 is 9.59 Å². The summed E-state index contributed by atoms with van der Waals surface area (Å²) in [5.41, 5.74) is 0.837. The molecule has 1 aromatic carbocycles. The summed E-state index contributed by atoms with van der Waals surface area (Å²) in [6.45, 7) is 0.0702. The summed E-state index contributed by atoms with van der Waals surface area (Å²) in [7, 11) is 1.73. The maximum absolute atomic E-state index is 12.0. The van der Waals surface area contributed by atoms with E-state index in [2.05, 4.69) is 5.32 Å². The van der Waals surface area contributed by atoms with Crippen LogP contribution < -0.4 is 10.2 Å². The van der Waals surface area contributed by atoms with E-state index in [9.17, 15) is 9.59 Å². The lowest BCUT2D eigenvalue weighted by Crippen LogP contribution is -2.40. The number of amides is 2. The van der Waals surface area contributed by atoms with Crippen LogP contribution in [0.5, 0.6) is 0 Å². The van der Waals surface area contributed by atoms with Gasteiger partial charge >= 0.3 is 0 Å². The molecule has 0 aromatic heterocycles. The summed E-state index contributed by atoms with van der Waals surface area (Å²) in [6, 6.07) is 9.44. The Morgan fingerprint density at radius 1 is 1.15 bits per heavy atom. The first-order valence-corrected chi connectivity index (χ1v) is 7.28. The summed E-state index contributed by atoms with van der Waals surface area (Å²) in [6.07, 6.45) is 5.37. The second-order valence-electron chi connectivity index (χ2n) is 5.34. The van der Waals surface area contributed by atoms with Gasteiger partial charge in [0.2, 0.25) is 11.8 Å². The molecule has 1 saturated carbocycles. The number of likely N-dealkylation sites (N-methyl/N-ethyl adjacent to an activating group) is 1. The summed E-state index contributed by atoms with van der Waals surface area (Å²) < 4.78 is 0. The van der Waals surface area contributed by atoms with Crippen molar-refractivity contribution >= 4 is 17.5 Å². The van der Waals surface area contributed by atoms with Gasteiger partial charge in [-0.1, -0.05) is 37.5 Å². The van der Waals surface area contributed by atoms with Gasteiger partial charge < -0.3 is 10.2 Å². The number of rotatable bonds is 4. The Morgan fingerprint density at radius 2 is 1.80 bits per heavy atom. The van der Waals surface area contributed by atoms with E-state index in [0.29, 0.717) is 0 Å². The molecule has 4 nitrogen and oxygen atoms in total. The maximum Gasteiger partial charge on any atom is 0.246 e. The average Bonchev–Trinajstić information content (AvgIpc) is 2.53. The van der Waals surface area contributed by atoms with Gasteiger partial charge in [0.15, 0.2) is 0 Å². The molecule has 1 fully saturated rings. The third-order valence-electron chi connectivity index (χ3n) is 3.91. The zero-order chi connectivity index (χ0) is 14.4. The van der Waals surface area contributed by atoms with Crippen molar-refractivity contribution in [1.29, 1.82) is 0 Å². The zero-order valence-electron chi connectivity index (χ0n) is 12.0. The van der Waals surface area contributed by atoms with Gasteiger partial charge in [-0.2, -0.15) is 0 Å². The van der Waals surface area contributed by atoms with Crippen molar-refractivity contribution in [1.82, 2.24) is 5.32 Å². The predicted molar refractivity (Wildman–Crippen MR) is 79.4 cm³/mol. The highest BCUT2D eigenvalue weighted by Crippen LogP contribution is 2.23. The number of para-hydroxylation sites is 1. The van der Waals surface area contributed by atoms with Crippen LogP contribution in [0.2, 0.25) is 0 Å². The van der Waals surface area contributed by atoms with Gasteiger partial charge in [0, 0.05) is 18.7 Å². The van der Waals surface area contributed by atoms with E-state index in [0.717, 1.165) is 31.4 Å². The summed E-state index contributed by atoms with van der Waals surface area (Å²) >= 11 is 0. The van der Waals surface area contributed by atoms with Crippen LogP contribution in [-0.2, 0) is 9.59 Å². The molecule has 2 amide bonds. The standard InChI is InChI=1S/C16H22N2O2/c1-18(14-10-6-3-7-11-14)15(19)12-17-16(20)13-8-4-2-5-9-13/h3,6-7,10-11,13H,2,4-5,8-9,12H2,1H3,(H,17,20). The summed E-state index contributed by atoms with van der Waals surface area (Å²) in [5.74, 6) is 0.0263. The molecular weight excluding hydrogens is 252 g/mol. The highest BCUT2D eigenvalue weighted by atomic mass is 16.2. The van der Waals surface area contributed by atoms with Crippen molar-refractivity contribution in [2.24, 2.45) is 5.92 Å². The van der Waals surface area contributed by atoms with Crippen molar-refractivity contribution in [3.8, 4) is 0 Å². The molecule has 0 atom stereocenters. The first-order valence-electron chi connectivity index (χ1n) is 7.28. The molecular formula is C16H22N2O2. The Balaban J connectivity index is 1.81. The minimum atomic E-state index is -0.0969. The van der Waals surface area contributed by atoms with E-state index < -0.39 is 0 Å². The lowest BCUT2D eigenvalue weighted by molar-refractivity contribution is -0.128. The van der Waals surface area contributed by atoms with Crippen molar-refractivity contribution in [2.75, 3.05) is 18.5 Å². The van der Waals surface area contributed by atoms with Crippen LogP contribution >= 0.6 is 0 Å². The van der Waals surface area contributed by atoms with Crippen LogP contribution in [0.4, 0.5) is 5.69 Å². The van der Waals surface area contributed by atoms with Crippen molar-refractivity contribution in [3.05, 3.63) is 30.3 Å². The molecule has 0 spiro atoms. The number of anilines is 1. The topological polar surface area (TPSA) is 49.4 Å². The van der Waals surface area contributed by atoms with Gasteiger partial charge in [0.25, 0.3) is 0 Å². The van der Waals surface area contributed by atoms with Crippen LogP contribution in [0.25, 0.3) is 0 Å². The van der Waals surface area contributed by atoms with E-state index in [1.807, 2.05) is 30.3 Å². The SMILES string of the molecule is CN(C(=O)CNC(=O)C1CCCCC1)c1ccccc1. The van der Waals surface area contributed by atoms with E-state index in [1.165, 1.54) is 6.42 Å². The molecule has 108 valence electrons. The van der Waals surface area contributed by atoms with Crippen LogP contribution in [0, 0.1) is 5.92 Å². The molecule has 4 heteroatoms. The minimum Gasteiger partial charge on any atom is -0.347 e. The van der Waals surface area contributed by atoms with Gasteiger partial charge in [0.1, 0.15) is 0 Å². The summed E-state index contributed by atoms with van der Waals surface area (Å²) in [4.78, 5) is 25.6. The number of nitrogens with zero attached hydrogens (tertiary/aromatic N) is 1. The second-order valence-corrected chi connectivity index (χ2v) is 5.34. The van der Waals surface area contributed by atoms with Gasteiger partial charge in [-0.15, -0.1) is 0 Å². The fraction of sp³-hybridized carbons (Fsp3) is 0.500. The molecule has 1 aliphatic carbocycles. The van der Waals surface area contributed by atoms with Gasteiger partial charge in [0.05, 0.1) is 6.54 Å². The molecule has 0 aliphatic heterocycles. The minimum absolute atomic E-state index is 0.0273.